The number of rotatable bonds is 3. The van der Waals surface area contributed by atoms with E-state index in [1.165, 1.54) is 12.3 Å². The number of nitrogens with one attached hydrogen (secondary N) is 1. The van der Waals surface area contributed by atoms with Crippen LogP contribution in [0.25, 0.3) is 11.3 Å². The summed E-state index contributed by atoms with van der Waals surface area (Å²) in [5.41, 5.74) is 1.06. The van der Waals surface area contributed by atoms with E-state index < -0.39 is 17.7 Å². The van der Waals surface area contributed by atoms with Crippen LogP contribution in [-0.4, -0.2) is 31.3 Å². The van der Waals surface area contributed by atoms with Gasteiger partial charge in [0, 0.05) is 25.0 Å². The van der Waals surface area contributed by atoms with Crippen LogP contribution in [0.3, 0.4) is 0 Å². The third-order valence-electron chi connectivity index (χ3n) is 4.38. The van der Waals surface area contributed by atoms with Gasteiger partial charge in [0.05, 0.1) is 23.0 Å². The van der Waals surface area contributed by atoms with Gasteiger partial charge in [-0.25, -0.2) is 14.4 Å². The first-order chi connectivity index (χ1) is 12.8. The largest absolute Gasteiger partial charge is 0.468 e. The predicted octanol–water partition coefficient (Wildman–Crippen LogP) is 3.31. The number of nitrogens with zero attached hydrogens (tertiary/aromatic N) is 4. The van der Waals surface area contributed by atoms with Crippen LogP contribution in [0.5, 0.6) is 5.88 Å². The Balaban J connectivity index is 1.56. The lowest BCUT2D eigenvalue weighted by Crippen LogP contribution is -2.27. The van der Waals surface area contributed by atoms with E-state index in [1.807, 2.05) is 19.3 Å². The molecule has 138 valence electrons. The second kappa shape index (κ2) is 6.15. The highest BCUT2D eigenvalue weighted by Crippen LogP contribution is 2.44. The Morgan fingerprint density at radius 2 is 2.15 bits per heavy atom. The van der Waals surface area contributed by atoms with Gasteiger partial charge in [-0.2, -0.15) is 5.10 Å². The number of pyridine rings is 2. The Morgan fingerprint density at radius 3 is 2.89 bits per heavy atom. The van der Waals surface area contributed by atoms with Gasteiger partial charge in [0.2, 0.25) is 5.88 Å². The first kappa shape index (κ1) is 17.1. The SMILES string of the molecule is Cn1cc(-c2cccc(NC(=O)c3cnc4c(c3)C(F)C(C)(C)O4)n2)cn1. The van der Waals surface area contributed by atoms with E-state index in [1.54, 1.807) is 36.9 Å². The second-order valence-corrected chi connectivity index (χ2v) is 6.95. The van der Waals surface area contributed by atoms with Crippen molar-refractivity contribution in [3.05, 3.63) is 54.0 Å². The van der Waals surface area contributed by atoms with Crippen LogP contribution in [0.2, 0.25) is 0 Å². The summed E-state index contributed by atoms with van der Waals surface area (Å²) in [5, 5.41) is 6.84. The van der Waals surface area contributed by atoms with E-state index in [0.717, 1.165) is 5.56 Å². The van der Waals surface area contributed by atoms with Crippen LogP contribution in [0.4, 0.5) is 10.2 Å². The van der Waals surface area contributed by atoms with Crippen LogP contribution in [0.15, 0.2) is 42.9 Å². The molecule has 3 aromatic heterocycles. The maximum atomic E-state index is 14.5. The summed E-state index contributed by atoms with van der Waals surface area (Å²) in [4.78, 5) is 21.1. The Morgan fingerprint density at radius 1 is 1.33 bits per heavy atom. The number of carbonyl (C=O) groups excluding carboxylic acids is 1. The monoisotopic (exact) mass is 367 g/mol. The summed E-state index contributed by atoms with van der Waals surface area (Å²) in [6.07, 6.45) is 3.55. The maximum absolute atomic E-state index is 14.5. The molecule has 27 heavy (non-hydrogen) atoms. The summed E-state index contributed by atoms with van der Waals surface area (Å²) < 4.78 is 21.7. The molecule has 1 amide bonds. The Labute approximate surface area is 155 Å². The average Bonchev–Trinajstić information content (AvgIpc) is 3.16. The lowest BCUT2D eigenvalue weighted by molar-refractivity contribution is 0.0504. The van der Waals surface area contributed by atoms with Crippen LogP contribution in [0.1, 0.15) is 35.9 Å². The van der Waals surface area contributed by atoms with Crippen molar-refractivity contribution >= 4 is 11.7 Å². The molecule has 1 aliphatic rings. The molecule has 1 atom stereocenters. The van der Waals surface area contributed by atoms with Crippen molar-refractivity contribution < 1.29 is 13.9 Å². The molecule has 7 nitrogen and oxygen atoms in total. The Hall–Kier alpha value is -3.29. The molecule has 3 aromatic rings. The Bertz CT molecular complexity index is 1030. The summed E-state index contributed by atoms with van der Waals surface area (Å²) in [7, 11) is 1.82. The minimum Gasteiger partial charge on any atom is -0.468 e. The number of aromatic nitrogens is 4. The number of hydrogen-bond acceptors (Lipinski definition) is 5. The smallest absolute Gasteiger partial charge is 0.258 e. The third kappa shape index (κ3) is 3.14. The van der Waals surface area contributed by atoms with Crippen LogP contribution in [0, 0.1) is 0 Å². The number of alkyl halides is 1. The highest BCUT2D eigenvalue weighted by Gasteiger charge is 2.43. The number of ether oxygens (including phenoxy) is 1. The molecular formula is C19H18FN5O2. The summed E-state index contributed by atoms with van der Waals surface area (Å²) in [6.45, 7) is 3.29. The second-order valence-electron chi connectivity index (χ2n) is 6.95. The fraction of sp³-hybridized carbons (Fsp3) is 0.263. The van der Waals surface area contributed by atoms with Gasteiger partial charge in [-0.15, -0.1) is 0 Å². The summed E-state index contributed by atoms with van der Waals surface area (Å²) >= 11 is 0. The van der Waals surface area contributed by atoms with Crippen molar-refractivity contribution in [3.63, 3.8) is 0 Å². The maximum Gasteiger partial charge on any atom is 0.258 e. The first-order valence-electron chi connectivity index (χ1n) is 8.44. The van der Waals surface area contributed by atoms with E-state index in [4.69, 9.17) is 4.74 Å². The Kier molecular flexibility index (Phi) is 3.91. The molecule has 0 aliphatic carbocycles. The molecule has 0 spiro atoms. The molecule has 4 heterocycles. The number of hydrogen-bond donors (Lipinski definition) is 1. The number of halogens is 1. The zero-order valence-corrected chi connectivity index (χ0v) is 15.1. The zero-order valence-electron chi connectivity index (χ0n) is 15.1. The molecule has 0 radical (unpaired) electrons. The normalized spacial score (nSPS) is 17.3. The lowest BCUT2D eigenvalue weighted by atomic mass is 9.99. The van der Waals surface area contributed by atoms with Crippen molar-refractivity contribution in [2.24, 2.45) is 7.05 Å². The van der Waals surface area contributed by atoms with Crippen LogP contribution >= 0.6 is 0 Å². The van der Waals surface area contributed by atoms with Crippen molar-refractivity contribution in [3.8, 4) is 17.1 Å². The molecule has 8 heteroatoms. The van der Waals surface area contributed by atoms with E-state index >= 15 is 0 Å². The van der Waals surface area contributed by atoms with Gasteiger partial charge in [-0.3, -0.25) is 9.48 Å². The first-order valence-corrected chi connectivity index (χ1v) is 8.44. The van der Waals surface area contributed by atoms with Crippen molar-refractivity contribution in [1.29, 1.82) is 0 Å². The summed E-state index contributed by atoms with van der Waals surface area (Å²) in [5.74, 6) is 0.189. The van der Waals surface area contributed by atoms with Crippen molar-refractivity contribution in [2.45, 2.75) is 25.6 Å². The standard InChI is InChI=1S/C19H18FN5O2/c1-19(2)16(20)13-7-11(8-21-18(13)27-19)17(26)24-15-6-4-5-14(23-15)12-9-22-25(3)10-12/h4-10,16H,1-3H3,(H,23,24,26). The van der Waals surface area contributed by atoms with E-state index in [-0.39, 0.29) is 17.0 Å². The fourth-order valence-electron chi connectivity index (χ4n) is 2.94. The van der Waals surface area contributed by atoms with Gasteiger partial charge in [0.1, 0.15) is 11.4 Å². The molecular weight excluding hydrogens is 349 g/mol. The molecule has 1 N–H and O–H groups in total. The minimum atomic E-state index is -1.35. The highest BCUT2D eigenvalue weighted by atomic mass is 19.1. The van der Waals surface area contributed by atoms with Gasteiger partial charge in [-0.1, -0.05) is 6.07 Å². The number of amides is 1. The molecule has 0 saturated carbocycles. The molecule has 4 rings (SSSR count). The molecule has 0 fully saturated rings. The van der Waals surface area contributed by atoms with Gasteiger partial charge in [0.25, 0.3) is 5.91 Å². The van der Waals surface area contributed by atoms with E-state index in [9.17, 15) is 9.18 Å². The van der Waals surface area contributed by atoms with Crippen molar-refractivity contribution in [2.75, 3.05) is 5.32 Å². The predicted molar refractivity (Wildman–Crippen MR) is 97.2 cm³/mol. The number of carbonyl (C=O) groups is 1. The van der Waals surface area contributed by atoms with Crippen molar-refractivity contribution in [1.82, 2.24) is 19.7 Å². The number of anilines is 1. The van der Waals surface area contributed by atoms with Gasteiger partial charge < -0.3 is 10.1 Å². The zero-order chi connectivity index (χ0) is 19.2. The molecule has 1 unspecified atom stereocenters. The van der Waals surface area contributed by atoms with Crippen LogP contribution in [-0.2, 0) is 7.05 Å². The average molecular weight is 367 g/mol. The molecule has 0 aromatic carbocycles. The fourth-order valence-corrected chi connectivity index (χ4v) is 2.94. The molecule has 0 saturated heterocycles. The minimum absolute atomic E-state index is 0.223. The molecule has 1 aliphatic heterocycles. The molecule has 0 bridgehead atoms. The third-order valence-corrected chi connectivity index (χ3v) is 4.38. The number of aryl methyl sites for hydroxylation is 1. The van der Waals surface area contributed by atoms with E-state index in [0.29, 0.717) is 11.5 Å². The lowest BCUT2D eigenvalue weighted by Gasteiger charge is -2.19. The highest BCUT2D eigenvalue weighted by molar-refractivity contribution is 6.03. The van der Waals surface area contributed by atoms with E-state index in [2.05, 4.69) is 20.4 Å². The number of fused-ring (bicyclic) bond motifs is 1. The van der Waals surface area contributed by atoms with Gasteiger partial charge in [0.15, 0.2) is 6.17 Å². The summed E-state index contributed by atoms with van der Waals surface area (Å²) in [6, 6.07) is 6.78. The van der Waals surface area contributed by atoms with Gasteiger partial charge >= 0.3 is 0 Å². The topological polar surface area (TPSA) is 81.9 Å². The van der Waals surface area contributed by atoms with Gasteiger partial charge in [-0.05, 0) is 32.0 Å². The quantitative estimate of drug-likeness (QED) is 0.768. The van der Waals surface area contributed by atoms with Crippen LogP contribution < -0.4 is 10.1 Å².